The molecule has 2 aliphatic rings. The zero-order valence-corrected chi connectivity index (χ0v) is 34.5. The maximum Gasteiger partial charge on any atom is 0.140 e. The fourth-order valence-electron chi connectivity index (χ4n) is 10.2. The summed E-state index contributed by atoms with van der Waals surface area (Å²) in [5, 5.41) is 3.32. The minimum atomic E-state index is -0.654. The van der Waals surface area contributed by atoms with Crippen LogP contribution < -0.4 is 4.74 Å². The smallest absolute Gasteiger partial charge is 0.140 e. The molecule has 298 valence electrons. The predicted molar refractivity (Wildman–Crippen MR) is 257 cm³/mol. The summed E-state index contributed by atoms with van der Waals surface area (Å²) in [7, 11) is 0. The first-order valence-corrected chi connectivity index (χ1v) is 21.6. The van der Waals surface area contributed by atoms with Gasteiger partial charge in [-0.15, -0.1) is 0 Å². The van der Waals surface area contributed by atoms with Gasteiger partial charge in [0.25, 0.3) is 0 Å². The molecule has 64 heavy (non-hydrogen) atoms. The Morgan fingerprint density at radius 2 is 0.938 bits per heavy atom. The molecule has 0 saturated heterocycles. The minimum absolute atomic E-state index is 0.654. The number of rotatable bonds is 5. The number of nitrogens with zero attached hydrogens (tertiary/aromatic N) is 4. The molecule has 0 atom stereocenters. The van der Waals surface area contributed by atoms with Crippen molar-refractivity contribution in [2.75, 3.05) is 0 Å². The van der Waals surface area contributed by atoms with Crippen molar-refractivity contribution in [3.8, 4) is 78.9 Å². The lowest BCUT2D eigenvalue weighted by Gasteiger charge is -2.40. The fourth-order valence-corrected chi connectivity index (χ4v) is 10.2. The molecule has 5 heteroatoms. The molecule has 0 bridgehead atoms. The van der Waals surface area contributed by atoms with Gasteiger partial charge in [-0.05, 0) is 98.9 Å². The summed E-state index contributed by atoms with van der Waals surface area (Å²) >= 11 is 0. The van der Waals surface area contributed by atoms with Crippen molar-refractivity contribution in [1.82, 2.24) is 19.9 Å². The number of ether oxygens (including phenoxy) is 1. The maximum absolute atomic E-state index is 7.39. The number of hydrogen-bond acceptors (Lipinski definition) is 5. The first-order valence-electron chi connectivity index (χ1n) is 21.6. The lowest BCUT2D eigenvalue weighted by molar-refractivity contribution is 0.439. The quantitative estimate of drug-likeness (QED) is 0.162. The molecule has 5 heterocycles. The Kier molecular flexibility index (Phi) is 8.06. The second-order valence-electron chi connectivity index (χ2n) is 16.5. The lowest BCUT2D eigenvalue weighted by atomic mass is 9.65. The van der Waals surface area contributed by atoms with Crippen LogP contribution in [0.25, 0.3) is 89.1 Å². The normalized spacial score (nSPS) is 12.9. The van der Waals surface area contributed by atoms with Crippen LogP contribution in [0, 0.1) is 0 Å². The second kappa shape index (κ2) is 14.3. The first kappa shape index (κ1) is 36.1. The van der Waals surface area contributed by atoms with Gasteiger partial charge in [0.05, 0.1) is 39.4 Å². The number of pyridine rings is 4. The van der Waals surface area contributed by atoms with E-state index >= 15 is 0 Å². The predicted octanol–water partition coefficient (Wildman–Crippen LogP) is 14.4. The molecule has 1 aliphatic heterocycles. The summed E-state index contributed by atoms with van der Waals surface area (Å²) in [6, 6.07) is 72.9. The maximum atomic E-state index is 7.39. The Labute approximate surface area is 370 Å². The molecule has 0 amide bonds. The Bertz CT molecular complexity index is 3520. The molecule has 13 rings (SSSR count). The molecule has 0 radical (unpaired) electrons. The van der Waals surface area contributed by atoms with Crippen molar-refractivity contribution >= 4 is 21.7 Å². The number of para-hydroxylation sites is 2. The highest BCUT2D eigenvalue weighted by molar-refractivity contribution is 6.12. The molecule has 0 unspecified atom stereocenters. The van der Waals surface area contributed by atoms with Crippen LogP contribution >= 0.6 is 0 Å². The molecule has 4 aromatic heterocycles. The van der Waals surface area contributed by atoms with Gasteiger partial charge in [0.1, 0.15) is 11.5 Å². The van der Waals surface area contributed by atoms with Crippen molar-refractivity contribution in [3.05, 3.63) is 241 Å². The Morgan fingerprint density at radius 3 is 1.62 bits per heavy atom. The summed E-state index contributed by atoms with van der Waals surface area (Å²) in [4.78, 5) is 19.6. The molecule has 0 fully saturated rings. The van der Waals surface area contributed by atoms with Crippen LogP contribution in [0.15, 0.2) is 219 Å². The summed E-state index contributed by atoms with van der Waals surface area (Å²) in [5.74, 6) is 1.67. The van der Waals surface area contributed by atoms with Crippen LogP contribution in [0.3, 0.4) is 0 Å². The summed E-state index contributed by atoms with van der Waals surface area (Å²) in [6.07, 6.45) is 3.60. The van der Waals surface area contributed by atoms with E-state index in [-0.39, 0.29) is 0 Å². The number of benzene rings is 7. The van der Waals surface area contributed by atoms with Crippen LogP contribution in [0.5, 0.6) is 11.5 Å². The molecule has 11 aromatic rings. The van der Waals surface area contributed by atoms with Gasteiger partial charge in [0.15, 0.2) is 0 Å². The Balaban J connectivity index is 1.03. The number of aromatic nitrogens is 4. The molecule has 5 nitrogen and oxygen atoms in total. The van der Waals surface area contributed by atoms with E-state index in [1.807, 2.05) is 36.4 Å². The van der Waals surface area contributed by atoms with Crippen LogP contribution in [0.1, 0.15) is 22.3 Å². The van der Waals surface area contributed by atoms with Crippen molar-refractivity contribution < 1.29 is 4.74 Å². The largest absolute Gasteiger partial charge is 0.456 e. The van der Waals surface area contributed by atoms with Gasteiger partial charge in [-0.25, -0.2) is 9.97 Å². The summed E-state index contributed by atoms with van der Waals surface area (Å²) in [5.41, 5.74) is 16.9. The number of hydrogen-bond donors (Lipinski definition) is 0. The van der Waals surface area contributed by atoms with Gasteiger partial charge in [-0.1, -0.05) is 152 Å². The van der Waals surface area contributed by atoms with Crippen LogP contribution in [-0.4, -0.2) is 19.9 Å². The van der Waals surface area contributed by atoms with Crippen LogP contribution in [-0.2, 0) is 5.41 Å². The highest BCUT2D eigenvalue weighted by Gasteiger charge is 2.51. The topological polar surface area (TPSA) is 60.8 Å². The van der Waals surface area contributed by atoms with Crippen LogP contribution in [0.2, 0.25) is 0 Å². The molecule has 0 N–H and O–H groups in total. The molecule has 1 aliphatic carbocycles. The van der Waals surface area contributed by atoms with E-state index in [2.05, 4.69) is 180 Å². The van der Waals surface area contributed by atoms with Gasteiger partial charge in [-0.2, -0.15) is 0 Å². The highest BCUT2D eigenvalue weighted by atomic mass is 16.5. The summed E-state index contributed by atoms with van der Waals surface area (Å²) < 4.78 is 7.39. The zero-order chi connectivity index (χ0) is 42.2. The van der Waals surface area contributed by atoms with E-state index < -0.39 is 5.41 Å². The second-order valence-corrected chi connectivity index (χ2v) is 16.5. The average Bonchev–Trinajstić information content (AvgIpc) is 3.67. The van der Waals surface area contributed by atoms with Gasteiger partial charge in [0, 0.05) is 45.4 Å². The molecule has 7 aromatic carbocycles. The third-order valence-electron chi connectivity index (χ3n) is 13.0. The van der Waals surface area contributed by atoms with Gasteiger partial charge in [-0.3, -0.25) is 9.97 Å². The van der Waals surface area contributed by atoms with E-state index in [0.29, 0.717) is 0 Å². The van der Waals surface area contributed by atoms with Crippen molar-refractivity contribution in [1.29, 1.82) is 0 Å². The monoisotopic (exact) mass is 816 g/mol. The Morgan fingerprint density at radius 1 is 0.344 bits per heavy atom. The Hall–Kier alpha value is -8.54. The minimum Gasteiger partial charge on any atom is -0.456 e. The SMILES string of the molecule is c1ccc(-c2nc3ccccc3c3cc4c(cc23)Oc2c(-c3ccc(-c5cc(-c6ccccn6)nc(-c6ccccn6)c5)cc3)cccc2C42c3ccccc3-c3ccccc32)cc1. The van der Waals surface area contributed by atoms with E-state index in [1.165, 1.54) is 22.3 Å². The summed E-state index contributed by atoms with van der Waals surface area (Å²) in [6.45, 7) is 0. The standard InChI is InChI=1S/C59H36N4O/c1-2-15-39(16-3-1)57-46-36-56-50(35-45(46)44-19-6-9-24-51(44)63-57)59(47-21-7-4-17-42(47)43-18-5-8-22-48(43)59)49-23-14-20-41(58(49)64-56)38-29-27-37(28-30-38)40-33-54(52-25-10-12-31-60-52)62-55(34-40)53-26-11-13-32-61-53/h1-36H. The van der Waals surface area contributed by atoms with Gasteiger partial charge in [0.2, 0.25) is 0 Å². The van der Waals surface area contributed by atoms with E-state index in [9.17, 15) is 0 Å². The third-order valence-corrected chi connectivity index (χ3v) is 13.0. The van der Waals surface area contributed by atoms with E-state index in [4.69, 9.17) is 14.7 Å². The first-order chi connectivity index (χ1) is 31.7. The van der Waals surface area contributed by atoms with Crippen LogP contribution in [0.4, 0.5) is 0 Å². The van der Waals surface area contributed by atoms with E-state index in [0.717, 1.165) is 101 Å². The molecule has 0 saturated carbocycles. The molecular formula is C59H36N4O. The van der Waals surface area contributed by atoms with Crippen molar-refractivity contribution in [3.63, 3.8) is 0 Å². The highest BCUT2D eigenvalue weighted by Crippen LogP contribution is 2.64. The molecular weight excluding hydrogens is 781 g/mol. The lowest BCUT2D eigenvalue weighted by Crippen LogP contribution is -2.32. The third kappa shape index (κ3) is 5.44. The average molecular weight is 817 g/mol. The fraction of sp³-hybridized carbons (Fsp3) is 0.0169. The van der Waals surface area contributed by atoms with Gasteiger partial charge >= 0.3 is 0 Å². The van der Waals surface area contributed by atoms with Gasteiger partial charge < -0.3 is 4.74 Å². The zero-order valence-electron chi connectivity index (χ0n) is 34.5. The van der Waals surface area contributed by atoms with Crippen molar-refractivity contribution in [2.45, 2.75) is 5.41 Å². The van der Waals surface area contributed by atoms with E-state index in [1.54, 1.807) is 12.4 Å². The van der Waals surface area contributed by atoms with Crippen molar-refractivity contribution in [2.24, 2.45) is 0 Å². The molecule has 1 spiro atoms. The number of fused-ring (bicyclic) bond motifs is 12.